The maximum atomic E-state index is 9.98. The maximum Gasteiger partial charge on any atom is 0.183 e. The molecule has 5 nitrogen and oxygen atoms in total. The molecule has 1 unspecified atom stereocenters. The van der Waals surface area contributed by atoms with Crippen molar-refractivity contribution in [2.45, 2.75) is 57.0 Å². The SMILES string of the molecule is COC(OC)C(O)Cc1ccn(C2CCCCC2)n1. The van der Waals surface area contributed by atoms with Crippen LogP contribution in [0.25, 0.3) is 0 Å². The molecular weight excluding hydrogens is 244 g/mol. The van der Waals surface area contributed by atoms with Crippen molar-refractivity contribution in [3.8, 4) is 0 Å². The third kappa shape index (κ3) is 3.78. The first-order chi connectivity index (χ1) is 9.24. The van der Waals surface area contributed by atoms with E-state index in [9.17, 15) is 5.11 Å². The van der Waals surface area contributed by atoms with Crippen molar-refractivity contribution in [2.75, 3.05) is 14.2 Å². The van der Waals surface area contributed by atoms with Crippen LogP contribution in [0.1, 0.15) is 43.8 Å². The Kier molecular flexibility index (Phi) is 5.36. The highest BCUT2D eigenvalue weighted by Crippen LogP contribution is 2.27. The summed E-state index contributed by atoms with van der Waals surface area (Å²) in [5.74, 6) is 0. The van der Waals surface area contributed by atoms with Gasteiger partial charge in [-0.05, 0) is 18.9 Å². The molecular formula is C14H24N2O3. The normalized spacial score (nSPS) is 18.9. The molecule has 0 bridgehead atoms. The molecule has 0 radical (unpaired) electrons. The summed E-state index contributed by atoms with van der Waals surface area (Å²) in [5, 5.41) is 14.6. The molecule has 108 valence electrons. The summed E-state index contributed by atoms with van der Waals surface area (Å²) in [6.07, 6.45) is 7.52. The van der Waals surface area contributed by atoms with E-state index in [0.717, 1.165) is 5.69 Å². The molecule has 1 fully saturated rings. The van der Waals surface area contributed by atoms with Gasteiger partial charge in [0.2, 0.25) is 0 Å². The molecule has 0 spiro atoms. The van der Waals surface area contributed by atoms with Crippen LogP contribution < -0.4 is 0 Å². The number of aliphatic hydroxyl groups is 1. The first-order valence-electron chi connectivity index (χ1n) is 7.02. The fraction of sp³-hybridized carbons (Fsp3) is 0.786. The van der Waals surface area contributed by atoms with Gasteiger partial charge in [0.1, 0.15) is 6.10 Å². The van der Waals surface area contributed by atoms with Gasteiger partial charge in [0.15, 0.2) is 6.29 Å². The van der Waals surface area contributed by atoms with Gasteiger partial charge in [0, 0.05) is 26.8 Å². The van der Waals surface area contributed by atoms with Gasteiger partial charge in [0.05, 0.1) is 11.7 Å². The molecule has 1 aromatic rings. The van der Waals surface area contributed by atoms with Gasteiger partial charge in [-0.25, -0.2) is 0 Å². The van der Waals surface area contributed by atoms with Gasteiger partial charge in [-0.3, -0.25) is 4.68 Å². The Bertz CT molecular complexity index is 371. The standard InChI is InChI=1S/C14H24N2O3/c1-18-14(19-2)13(17)10-11-8-9-16(15-11)12-6-4-3-5-7-12/h8-9,12-14,17H,3-7,10H2,1-2H3. The number of methoxy groups -OCH3 is 2. The average Bonchev–Trinajstić information content (AvgIpc) is 2.89. The van der Waals surface area contributed by atoms with E-state index in [2.05, 4.69) is 9.78 Å². The van der Waals surface area contributed by atoms with Crippen molar-refractivity contribution in [3.63, 3.8) is 0 Å². The Morgan fingerprint density at radius 2 is 2.00 bits per heavy atom. The number of hydrogen-bond donors (Lipinski definition) is 1. The van der Waals surface area contributed by atoms with Gasteiger partial charge in [-0.15, -0.1) is 0 Å². The minimum absolute atomic E-state index is 0.450. The number of aromatic nitrogens is 2. The summed E-state index contributed by atoms with van der Waals surface area (Å²) in [6.45, 7) is 0. The smallest absolute Gasteiger partial charge is 0.183 e. The van der Waals surface area contributed by atoms with Crippen molar-refractivity contribution in [1.82, 2.24) is 9.78 Å². The Hall–Kier alpha value is -0.910. The van der Waals surface area contributed by atoms with Crippen LogP contribution in [0.3, 0.4) is 0 Å². The molecule has 0 saturated heterocycles. The molecule has 1 saturated carbocycles. The fourth-order valence-electron chi connectivity index (χ4n) is 2.76. The topological polar surface area (TPSA) is 56.5 Å². The van der Waals surface area contributed by atoms with Crippen LogP contribution in [-0.2, 0) is 15.9 Å². The van der Waals surface area contributed by atoms with Crippen molar-refractivity contribution in [2.24, 2.45) is 0 Å². The van der Waals surface area contributed by atoms with Gasteiger partial charge in [-0.2, -0.15) is 5.10 Å². The summed E-state index contributed by atoms with van der Waals surface area (Å²) < 4.78 is 12.2. The number of aliphatic hydroxyl groups excluding tert-OH is 1. The second-order valence-electron chi connectivity index (χ2n) is 5.19. The monoisotopic (exact) mass is 268 g/mol. The molecule has 1 aromatic heterocycles. The van der Waals surface area contributed by atoms with Gasteiger partial charge < -0.3 is 14.6 Å². The van der Waals surface area contributed by atoms with Crippen molar-refractivity contribution >= 4 is 0 Å². The van der Waals surface area contributed by atoms with E-state index in [1.165, 1.54) is 46.3 Å². The Morgan fingerprint density at radius 1 is 1.32 bits per heavy atom. The molecule has 1 aliphatic rings. The Labute approximate surface area is 114 Å². The number of nitrogens with zero attached hydrogens (tertiary/aromatic N) is 2. The number of ether oxygens (including phenoxy) is 2. The number of hydrogen-bond acceptors (Lipinski definition) is 4. The van der Waals surface area contributed by atoms with Crippen LogP contribution in [0, 0.1) is 0 Å². The van der Waals surface area contributed by atoms with E-state index in [0.29, 0.717) is 12.5 Å². The van der Waals surface area contributed by atoms with Crippen LogP contribution in [-0.4, -0.2) is 41.5 Å². The van der Waals surface area contributed by atoms with E-state index in [4.69, 9.17) is 9.47 Å². The van der Waals surface area contributed by atoms with Crippen LogP contribution in [0.4, 0.5) is 0 Å². The second-order valence-corrected chi connectivity index (χ2v) is 5.19. The minimum Gasteiger partial charge on any atom is -0.387 e. The lowest BCUT2D eigenvalue weighted by Gasteiger charge is -2.22. The molecule has 1 aliphatic carbocycles. The average molecular weight is 268 g/mol. The van der Waals surface area contributed by atoms with Crippen molar-refractivity contribution in [3.05, 3.63) is 18.0 Å². The van der Waals surface area contributed by atoms with Crippen molar-refractivity contribution < 1.29 is 14.6 Å². The van der Waals surface area contributed by atoms with Crippen LogP contribution in [0.5, 0.6) is 0 Å². The third-order valence-corrected chi connectivity index (χ3v) is 3.81. The molecule has 2 rings (SSSR count). The van der Waals surface area contributed by atoms with Crippen LogP contribution in [0.2, 0.25) is 0 Å². The van der Waals surface area contributed by atoms with Crippen molar-refractivity contribution in [1.29, 1.82) is 0 Å². The highest BCUT2D eigenvalue weighted by atomic mass is 16.7. The minimum atomic E-state index is -0.690. The molecule has 19 heavy (non-hydrogen) atoms. The predicted octanol–water partition coefficient (Wildman–Crippen LogP) is 1.91. The van der Waals surface area contributed by atoms with Gasteiger partial charge in [-0.1, -0.05) is 19.3 Å². The van der Waals surface area contributed by atoms with Gasteiger partial charge >= 0.3 is 0 Å². The third-order valence-electron chi connectivity index (χ3n) is 3.81. The molecule has 0 aromatic carbocycles. The molecule has 1 heterocycles. The lowest BCUT2D eigenvalue weighted by molar-refractivity contribution is -0.163. The summed E-state index contributed by atoms with van der Waals surface area (Å²) in [4.78, 5) is 0. The van der Waals surface area contributed by atoms with Crippen LogP contribution in [0.15, 0.2) is 12.3 Å². The Balaban J connectivity index is 1.93. The summed E-state index contributed by atoms with van der Waals surface area (Å²) in [7, 11) is 3.05. The molecule has 0 aliphatic heterocycles. The molecule has 5 heteroatoms. The first-order valence-corrected chi connectivity index (χ1v) is 7.02. The molecule has 0 amide bonds. The summed E-state index contributed by atoms with van der Waals surface area (Å²) >= 11 is 0. The largest absolute Gasteiger partial charge is 0.387 e. The summed E-state index contributed by atoms with van der Waals surface area (Å²) in [5.41, 5.74) is 0.886. The van der Waals surface area contributed by atoms with E-state index in [1.54, 1.807) is 0 Å². The zero-order valence-electron chi connectivity index (χ0n) is 11.8. The van der Waals surface area contributed by atoms with E-state index >= 15 is 0 Å². The van der Waals surface area contributed by atoms with Crippen LogP contribution >= 0.6 is 0 Å². The first kappa shape index (κ1) is 14.5. The lowest BCUT2D eigenvalue weighted by Crippen LogP contribution is -2.31. The maximum absolute atomic E-state index is 9.98. The highest BCUT2D eigenvalue weighted by Gasteiger charge is 2.21. The fourth-order valence-corrected chi connectivity index (χ4v) is 2.76. The highest BCUT2D eigenvalue weighted by molar-refractivity contribution is 5.02. The second kappa shape index (κ2) is 7.03. The zero-order valence-corrected chi connectivity index (χ0v) is 11.8. The summed E-state index contributed by atoms with van der Waals surface area (Å²) in [6, 6.07) is 2.50. The lowest BCUT2D eigenvalue weighted by atomic mass is 9.96. The molecule has 1 atom stereocenters. The zero-order chi connectivity index (χ0) is 13.7. The van der Waals surface area contributed by atoms with Gasteiger partial charge in [0.25, 0.3) is 0 Å². The van der Waals surface area contributed by atoms with E-state index in [-0.39, 0.29) is 0 Å². The Morgan fingerprint density at radius 3 is 2.63 bits per heavy atom. The number of rotatable bonds is 6. The molecule has 1 N–H and O–H groups in total. The van der Waals surface area contributed by atoms with E-state index in [1.807, 2.05) is 12.3 Å². The predicted molar refractivity (Wildman–Crippen MR) is 71.9 cm³/mol. The van der Waals surface area contributed by atoms with E-state index < -0.39 is 12.4 Å². The quantitative estimate of drug-likeness (QED) is 0.801.